The standard InChI is InChI=1S/C6H4Cl2F2N2O.C6H5ClF2N2O2/c1-12-4(7)2(5(8)13)3(11-12)6(9)10;1-11-4(7)2(6(12)13)3(10-11)5(8)9/h6H,1H3;5H,1H3,(H,12,13). The number of nitrogens with zero attached hydrogens (tertiary/aromatic N) is 4. The minimum absolute atomic E-state index is 0.185. The molecule has 0 unspecified atom stereocenters. The van der Waals surface area contributed by atoms with Crippen molar-refractivity contribution in [3.05, 3.63) is 32.8 Å². The van der Waals surface area contributed by atoms with Crippen LogP contribution in [0, 0.1) is 0 Å². The van der Waals surface area contributed by atoms with Crippen molar-refractivity contribution < 1.29 is 32.3 Å². The van der Waals surface area contributed by atoms with Crippen molar-refractivity contribution in [1.82, 2.24) is 19.6 Å². The molecule has 2 rings (SSSR count). The van der Waals surface area contributed by atoms with Gasteiger partial charge in [-0.1, -0.05) is 23.2 Å². The Balaban J connectivity index is 0.000000260. The number of halogens is 7. The Labute approximate surface area is 158 Å². The molecule has 0 bridgehead atoms. The third-order valence-corrected chi connectivity index (χ3v) is 3.89. The number of carbonyl (C=O) groups excluding carboxylic acids is 1. The number of carbonyl (C=O) groups is 2. The van der Waals surface area contributed by atoms with Gasteiger partial charge in [-0.2, -0.15) is 10.2 Å². The van der Waals surface area contributed by atoms with Crippen LogP contribution in [0.3, 0.4) is 0 Å². The molecule has 0 amide bonds. The predicted octanol–water partition coefficient (Wildman–Crippen LogP) is 4.10. The highest BCUT2D eigenvalue weighted by molar-refractivity contribution is 6.68. The van der Waals surface area contributed by atoms with Crippen LogP contribution < -0.4 is 0 Å². The Morgan fingerprint density at radius 1 is 0.923 bits per heavy atom. The van der Waals surface area contributed by atoms with Gasteiger partial charge in [0.1, 0.15) is 32.8 Å². The number of hydrogen-bond donors (Lipinski definition) is 1. The minimum Gasteiger partial charge on any atom is -0.478 e. The number of carboxylic acid groups (broad SMARTS) is 1. The van der Waals surface area contributed by atoms with Crippen LogP contribution in [0.1, 0.15) is 45.0 Å². The van der Waals surface area contributed by atoms with E-state index in [-0.39, 0.29) is 10.3 Å². The molecule has 2 heterocycles. The van der Waals surface area contributed by atoms with E-state index in [1.54, 1.807) is 0 Å². The molecule has 26 heavy (non-hydrogen) atoms. The van der Waals surface area contributed by atoms with E-state index in [4.69, 9.17) is 39.9 Å². The largest absolute Gasteiger partial charge is 0.478 e. The number of aromatic carboxylic acids is 1. The van der Waals surface area contributed by atoms with Gasteiger partial charge in [0.05, 0.1) is 0 Å². The fraction of sp³-hybridized carbons (Fsp3) is 0.333. The summed E-state index contributed by atoms with van der Waals surface area (Å²) in [7, 11) is 2.64. The molecule has 0 saturated carbocycles. The van der Waals surface area contributed by atoms with E-state index in [9.17, 15) is 27.2 Å². The van der Waals surface area contributed by atoms with E-state index < -0.39 is 46.6 Å². The van der Waals surface area contributed by atoms with Gasteiger partial charge in [0, 0.05) is 14.1 Å². The first-order valence-electron chi connectivity index (χ1n) is 6.34. The molecule has 7 nitrogen and oxygen atoms in total. The number of aryl methyl sites for hydroxylation is 2. The van der Waals surface area contributed by atoms with E-state index in [1.807, 2.05) is 0 Å². The van der Waals surface area contributed by atoms with Crippen LogP contribution in [0.2, 0.25) is 10.3 Å². The number of aromatic nitrogens is 4. The zero-order valence-electron chi connectivity index (χ0n) is 12.9. The summed E-state index contributed by atoms with van der Waals surface area (Å²) in [6, 6.07) is 0. The summed E-state index contributed by atoms with van der Waals surface area (Å²) in [4.78, 5) is 21.2. The fourth-order valence-corrected chi connectivity index (χ4v) is 2.40. The van der Waals surface area contributed by atoms with Gasteiger partial charge >= 0.3 is 5.97 Å². The van der Waals surface area contributed by atoms with Gasteiger partial charge in [0.2, 0.25) is 0 Å². The summed E-state index contributed by atoms with van der Waals surface area (Å²) >= 11 is 16.0. The second-order valence-corrected chi connectivity index (χ2v) is 5.59. The van der Waals surface area contributed by atoms with E-state index in [0.29, 0.717) is 0 Å². The first kappa shape index (κ1) is 22.2. The lowest BCUT2D eigenvalue weighted by Gasteiger charge is -1.94. The lowest BCUT2D eigenvalue weighted by Crippen LogP contribution is -2.00. The molecule has 0 aromatic carbocycles. The van der Waals surface area contributed by atoms with Crippen molar-refractivity contribution >= 4 is 46.0 Å². The monoisotopic (exact) mass is 438 g/mol. The molecule has 1 N–H and O–H groups in total. The van der Waals surface area contributed by atoms with Crippen molar-refractivity contribution in [3.8, 4) is 0 Å². The smallest absolute Gasteiger partial charge is 0.341 e. The highest BCUT2D eigenvalue weighted by Crippen LogP contribution is 2.28. The number of alkyl halides is 4. The number of hydrogen-bond acceptors (Lipinski definition) is 4. The molecule has 0 aliphatic heterocycles. The van der Waals surface area contributed by atoms with Gasteiger partial charge in [-0.15, -0.1) is 0 Å². The fourth-order valence-electron chi connectivity index (χ4n) is 1.73. The van der Waals surface area contributed by atoms with Gasteiger partial charge in [0.25, 0.3) is 18.1 Å². The average Bonchev–Trinajstić information content (AvgIpc) is 2.98. The summed E-state index contributed by atoms with van der Waals surface area (Å²) in [6.45, 7) is 0. The molecule has 0 saturated heterocycles. The van der Waals surface area contributed by atoms with Crippen LogP contribution >= 0.6 is 34.8 Å². The van der Waals surface area contributed by atoms with E-state index in [0.717, 1.165) is 9.36 Å². The zero-order chi connectivity index (χ0) is 20.3. The zero-order valence-corrected chi connectivity index (χ0v) is 15.1. The van der Waals surface area contributed by atoms with E-state index >= 15 is 0 Å². The van der Waals surface area contributed by atoms with Crippen LogP contribution in [0.4, 0.5) is 17.6 Å². The second kappa shape index (κ2) is 8.69. The summed E-state index contributed by atoms with van der Waals surface area (Å²) in [5.41, 5.74) is -2.56. The molecular weight excluding hydrogens is 431 g/mol. The van der Waals surface area contributed by atoms with E-state index in [1.165, 1.54) is 14.1 Å². The van der Waals surface area contributed by atoms with Crippen molar-refractivity contribution in [2.45, 2.75) is 12.9 Å². The molecule has 0 aliphatic carbocycles. The molecule has 2 aromatic rings. The maximum Gasteiger partial charge on any atom is 0.341 e. The first-order chi connectivity index (χ1) is 11.9. The molecule has 2 aromatic heterocycles. The van der Waals surface area contributed by atoms with Gasteiger partial charge in [-0.25, -0.2) is 22.4 Å². The Morgan fingerprint density at radius 3 is 1.50 bits per heavy atom. The minimum atomic E-state index is -2.94. The van der Waals surface area contributed by atoms with Crippen LogP contribution in [-0.2, 0) is 14.1 Å². The topological polar surface area (TPSA) is 90.0 Å². The highest BCUT2D eigenvalue weighted by Gasteiger charge is 2.27. The van der Waals surface area contributed by atoms with Gasteiger partial charge in [0.15, 0.2) is 0 Å². The van der Waals surface area contributed by atoms with E-state index in [2.05, 4.69) is 10.2 Å². The van der Waals surface area contributed by atoms with Crippen molar-refractivity contribution in [2.24, 2.45) is 14.1 Å². The quantitative estimate of drug-likeness (QED) is 0.572. The summed E-state index contributed by atoms with van der Waals surface area (Å²) in [6.07, 6.45) is -5.80. The molecule has 0 spiro atoms. The average molecular weight is 440 g/mol. The third-order valence-electron chi connectivity index (χ3n) is 2.83. The van der Waals surface area contributed by atoms with Crippen LogP contribution in [0.15, 0.2) is 0 Å². The van der Waals surface area contributed by atoms with Crippen LogP contribution in [0.5, 0.6) is 0 Å². The maximum atomic E-state index is 12.2. The predicted molar refractivity (Wildman–Crippen MR) is 83.5 cm³/mol. The van der Waals surface area contributed by atoms with Crippen molar-refractivity contribution in [1.29, 1.82) is 0 Å². The number of rotatable bonds is 4. The van der Waals surface area contributed by atoms with Crippen molar-refractivity contribution in [3.63, 3.8) is 0 Å². The molecular formula is C12H9Cl3F4N4O3. The second-order valence-electron chi connectivity index (χ2n) is 4.53. The molecule has 0 aliphatic rings. The van der Waals surface area contributed by atoms with Crippen LogP contribution in [-0.4, -0.2) is 35.9 Å². The molecule has 144 valence electrons. The molecule has 0 atom stereocenters. The van der Waals surface area contributed by atoms with Gasteiger partial charge < -0.3 is 5.11 Å². The van der Waals surface area contributed by atoms with Crippen molar-refractivity contribution in [2.75, 3.05) is 0 Å². The summed E-state index contributed by atoms with van der Waals surface area (Å²) in [5.74, 6) is -1.51. The van der Waals surface area contributed by atoms with Gasteiger partial charge in [-0.05, 0) is 11.6 Å². The lowest BCUT2D eigenvalue weighted by atomic mass is 10.2. The molecule has 0 radical (unpaired) electrons. The van der Waals surface area contributed by atoms with Crippen LogP contribution in [0.25, 0.3) is 0 Å². The summed E-state index contributed by atoms with van der Waals surface area (Å²) in [5, 5.41) is 13.7. The molecule has 14 heteroatoms. The SMILES string of the molecule is Cn1nc(C(F)F)c(C(=O)Cl)c1Cl.Cn1nc(C(F)F)c(C(=O)O)c1Cl. The number of carboxylic acids is 1. The Kier molecular flexibility index (Phi) is 7.42. The lowest BCUT2D eigenvalue weighted by molar-refractivity contribution is 0.0684. The molecule has 0 fully saturated rings. The summed E-state index contributed by atoms with van der Waals surface area (Å²) < 4.78 is 50.7. The normalized spacial score (nSPS) is 10.9. The Hall–Kier alpha value is -1.85. The van der Waals surface area contributed by atoms with Gasteiger partial charge in [-0.3, -0.25) is 14.2 Å². The Morgan fingerprint density at radius 2 is 1.27 bits per heavy atom. The third kappa shape index (κ3) is 4.65. The maximum absolute atomic E-state index is 12.2. The Bertz CT molecular complexity index is 770. The first-order valence-corrected chi connectivity index (χ1v) is 7.47. The highest BCUT2D eigenvalue weighted by atomic mass is 35.5.